The molecule has 4 rings (SSSR count). The van der Waals surface area contributed by atoms with Gasteiger partial charge in [0.05, 0.1) is 33.2 Å². The Kier molecular flexibility index (Phi) is 4.66. The molecule has 1 N–H and O–H groups in total. The van der Waals surface area contributed by atoms with E-state index < -0.39 is 0 Å². The van der Waals surface area contributed by atoms with Crippen molar-refractivity contribution in [2.24, 2.45) is 0 Å². The number of quaternary nitrogens is 1. The Morgan fingerprint density at radius 2 is 1.74 bits per heavy atom. The summed E-state index contributed by atoms with van der Waals surface area (Å²) in [5.41, 5.74) is 1.72. The molecular formula is C21H24N3O3+. The first-order valence-corrected chi connectivity index (χ1v) is 9.54. The fraction of sp³-hybridized carbons (Fsp3) is 0.381. The van der Waals surface area contributed by atoms with Gasteiger partial charge in [0.1, 0.15) is 5.56 Å². The number of fused-ring (bicyclic) bond motifs is 1. The lowest BCUT2D eigenvalue weighted by Gasteiger charge is -2.30. The molecule has 1 aliphatic carbocycles. The average Bonchev–Trinajstić information content (AvgIpc) is 2.68. The zero-order valence-corrected chi connectivity index (χ0v) is 15.5. The van der Waals surface area contributed by atoms with Crippen LogP contribution in [0.25, 0.3) is 5.69 Å². The van der Waals surface area contributed by atoms with E-state index in [0.717, 1.165) is 25.2 Å². The maximum absolute atomic E-state index is 13.3. The van der Waals surface area contributed by atoms with Crippen molar-refractivity contribution in [3.8, 4) is 5.69 Å². The Morgan fingerprint density at radius 1 is 1.04 bits per heavy atom. The van der Waals surface area contributed by atoms with Crippen molar-refractivity contribution >= 4 is 11.7 Å². The number of rotatable bonds is 2. The monoisotopic (exact) mass is 366 g/mol. The Labute approximate surface area is 158 Å². The summed E-state index contributed by atoms with van der Waals surface area (Å²) in [6.07, 6.45) is 1.86. The predicted molar refractivity (Wildman–Crippen MR) is 102 cm³/mol. The van der Waals surface area contributed by atoms with Gasteiger partial charge in [-0.05, 0) is 31.0 Å². The van der Waals surface area contributed by atoms with Crippen molar-refractivity contribution in [2.75, 3.05) is 33.2 Å². The summed E-state index contributed by atoms with van der Waals surface area (Å²) < 4.78 is 1.57. The van der Waals surface area contributed by atoms with E-state index >= 15 is 0 Å². The minimum Gasteiger partial charge on any atom is -0.334 e. The summed E-state index contributed by atoms with van der Waals surface area (Å²) >= 11 is 0. The lowest BCUT2D eigenvalue weighted by molar-refractivity contribution is -0.883. The van der Waals surface area contributed by atoms with Gasteiger partial charge in [-0.1, -0.05) is 18.2 Å². The zero-order chi connectivity index (χ0) is 19.0. The third-order valence-electron chi connectivity index (χ3n) is 5.57. The van der Waals surface area contributed by atoms with Gasteiger partial charge in [0, 0.05) is 23.4 Å². The summed E-state index contributed by atoms with van der Waals surface area (Å²) in [7, 11) is 2.10. The first-order chi connectivity index (χ1) is 13.1. The average molecular weight is 366 g/mol. The summed E-state index contributed by atoms with van der Waals surface area (Å²) in [6.45, 7) is 2.98. The smallest absolute Gasteiger partial charge is 0.268 e. The second-order valence-corrected chi connectivity index (χ2v) is 7.42. The fourth-order valence-electron chi connectivity index (χ4n) is 3.96. The van der Waals surface area contributed by atoms with Gasteiger partial charge in [-0.3, -0.25) is 19.0 Å². The molecule has 2 heterocycles. The molecule has 1 aromatic carbocycles. The van der Waals surface area contributed by atoms with E-state index in [1.54, 1.807) is 15.5 Å². The van der Waals surface area contributed by atoms with Crippen LogP contribution in [0.15, 0.2) is 41.2 Å². The number of likely N-dealkylation sites (N-methyl/N-ethyl adjacent to an activating group) is 1. The molecule has 0 atom stereocenters. The fourth-order valence-corrected chi connectivity index (χ4v) is 3.96. The van der Waals surface area contributed by atoms with Crippen molar-refractivity contribution in [3.05, 3.63) is 63.6 Å². The van der Waals surface area contributed by atoms with Crippen LogP contribution in [0.1, 0.15) is 39.3 Å². The van der Waals surface area contributed by atoms with Gasteiger partial charge in [-0.2, -0.15) is 0 Å². The van der Waals surface area contributed by atoms with Crippen LogP contribution in [0.2, 0.25) is 0 Å². The molecule has 6 nitrogen and oxygen atoms in total. The van der Waals surface area contributed by atoms with E-state index in [1.165, 1.54) is 4.90 Å². The highest BCUT2D eigenvalue weighted by Crippen LogP contribution is 2.24. The van der Waals surface area contributed by atoms with E-state index in [9.17, 15) is 14.4 Å². The molecule has 6 heteroatoms. The van der Waals surface area contributed by atoms with Gasteiger partial charge in [0.15, 0.2) is 5.78 Å². The number of pyridine rings is 1. The number of hydrogen-bond acceptors (Lipinski definition) is 3. The number of ketones is 1. The number of nitrogens with one attached hydrogen (secondary N) is 1. The number of benzene rings is 1. The molecule has 2 aliphatic rings. The summed E-state index contributed by atoms with van der Waals surface area (Å²) in [6, 6.07) is 10.8. The van der Waals surface area contributed by atoms with Gasteiger partial charge >= 0.3 is 0 Å². The van der Waals surface area contributed by atoms with E-state index in [4.69, 9.17) is 0 Å². The standard InChI is InChI=1S/C21H23N3O3/c1-22-10-12-23(13-11-22)20(26)17-14-16-18(8-5-9-19(16)25)24(21(17)27)15-6-3-2-4-7-15/h2-4,6-7,14H,5,8-13H2,1H3/p+1. The van der Waals surface area contributed by atoms with E-state index in [-0.39, 0.29) is 22.8 Å². The van der Waals surface area contributed by atoms with Crippen LogP contribution >= 0.6 is 0 Å². The quantitative estimate of drug-likeness (QED) is 0.833. The molecular weight excluding hydrogens is 342 g/mol. The van der Waals surface area contributed by atoms with Crippen LogP contribution in [0.3, 0.4) is 0 Å². The number of hydrogen-bond donors (Lipinski definition) is 1. The maximum Gasteiger partial charge on any atom is 0.268 e. The highest BCUT2D eigenvalue weighted by molar-refractivity contribution is 6.02. The number of carbonyl (C=O) groups excluding carboxylic acids is 2. The highest BCUT2D eigenvalue weighted by atomic mass is 16.2. The number of para-hydroxylation sites is 1. The molecule has 0 spiro atoms. The molecule has 2 aromatic rings. The normalized spacial score (nSPS) is 17.7. The molecule has 1 fully saturated rings. The van der Waals surface area contributed by atoms with Crippen LogP contribution in [-0.4, -0.2) is 54.4 Å². The first kappa shape index (κ1) is 17.7. The van der Waals surface area contributed by atoms with Gasteiger partial charge < -0.3 is 9.80 Å². The van der Waals surface area contributed by atoms with Crippen LogP contribution < -0.4 is 10.5 Å². The second-order valence-electron chi connectivity index (χ2n) is 7.42. The van der Waals surface area contributed by atoms with Crippen molar-refractivity contribution in [1.29, 1.82) is 0 Å². The van der Waals surface area contributed by atoms with E-state index in [0.29, 0.717) is 37.2 Å². The Balaban J connectivity index is 1.86. The molecule has 1 amide bonds. The van der Waals surface area contributed by atoms with Crippen LogP contribution in [0.4, 0.5) is 0 Å². The number of carbonyl (C=O) groups is 2. The molecule has 0 bridgehead atoms. The van der Waals surface area contributed by atoms with Gasteiger partial charge in [-0.15, -0.1) is 0 Å². The molecule has 0 radical (unpaired) electrons. The van der Waals surface area contributed by atoms with Gasteiger partial charge in [0.25, 0.3) is 11.5 Å². The SMILES string of the molecule is C[NH+]1CCN(C(=O)c2cc3c(n(-c4ccccc4)c2=O)CCCC3=O)CC1. The van der Waals surface area contributed by atoms with Crippen molar-refractivity contribution in [2.45, 2.75) is 19.3 Å². The minimum atomic E-state index is -0.328. The Hall–Kier alpha value is -2.73. The first-order valence-electron chi connectivity index (χ1n) is 9.54. The number of nitrogens with zero attached hydrogens (tertiary/aromatic N) is 2. The lowest BCUT2D eigenvalue weighted by atomic mass is 9.92. The third kappa shape index (κ3) is 3.21. The summed E-state index contributed by atoms with van der Waals surface area (Å²) in [5, 5.41) is 0. The minimum absolute atomic E-state index is 0.0119. The third-order valence-corrected chi connectivity index (χ3v) is 5.57. The predicted octanol–water partition coefficient (Wildman–Crippen LogP) is 0.327. The number of aromatic nitrogens is 1. The molecule has 0 saturated carbocycles. The topological polar surface area (TPSA) is 63.8 Å². The summed E-state index contributed by atoms with van der Waals surface area (Å²) in [5.74, 6) is -0.254. The largest absolute Gasteiger partial charge is 0.334 e. The van der Waals surface area contributed by atoms with Crippen LogP contribution in [0.5, 0.6) is 0 Å². The van der Waals surface area contributed by atoms with Crippen LogP contribution in [-0.2, 0) is 6.42 Å². The number of piperazine rings is 1. The molecule has 0 unspecified atom stereocenters. The van der Waals surface area contributed by atoms with Crippen LogP contribution in [0, 0.1) is 0 Å². The van der Waals surface area contributed by atoms with E-state index in [1.807, 2.05) is 30.3 Å². The second kappa shape index (κ2) is 7.12. The van der Waals surface area contributed by atoms with Crippen molar-refractivity contribution in [1.82, 2.24) is 9.47 Å². The number of Topliss-reactive ketones (excluding diaryl/α,β-unsaturated/α-hetero) is 1. The molecule has 1 aromatic heterocycles. The molecule has 27 heavy (non-hydrogen) atoms. The van der Waals surface area contributed by atoms with Gasteiger partial charge in [-0.25, -0.2) is 0 Å². The Bertz CT molecular complexity index is 941. The van der Waals surface area contributed by atoms with Crippen molar-refractivity contribution in [3.63, 3.8) is 0 Å². The maximum atomic E-state index is 13.3. The van der Waals surface area contributed by atoms with Gasteiger partial charge in [0.2, 0.25) is 0 Å². The number of amides is 1. The Morgan fingerprint density at radius 3 is 2.44 bits per heavy atom. The molecule has 140 valence electrons. The zero-order valence-electron chi connectivity index (χ0n) is 15.5. The van der Waals surface area contributed by atoms with E-state index in [2.05, 4.69) is 7.05 Å². The summed E-state index contributed by atoms with van der Waals surface area (Å²) in [4.78, 5) is 42.0. The van der Waals surface area contributed by atoms with Crippen molar-refractivity contribution < 1.29 is 14.5 Å². The molecule has 1 aliphatic heterocycles. The highest BCUT2D eigenvalue weighted by Gasteiger charge is 2.29. The lowest BCUT2D eigenvalue weighted by Crippen LogP contribution is -3.12. The molecule has 1 saturated heterocycles.